The van der Waals surface area contributed by atoms with Gasteiger partial charge in [-0.2, -0.15) is 5.10 Å². The fourth-order valence-corrected chi connectivity index (χ4v) is 3.04. The topological polar surface area (TPSA) is 83.8 Å². The smallest absolute Gasteiger partial charge is 0.241 e. The van der Waals surface area contributed by atoms with Crippen LogP contribution in [0, 0.1) is 13.8 Å². The first kappa shape index (κ1) is 26.7. The standard InChI is InChI=1S/C22H34N6O2.HI/c1-16-20(17(2)28(5)26-16)8-7-13-23-22(25-15-21(29)27(3)4)24-14-18-9-11-19(30-6)12-10-18;/h9-12H,7-8,13-15H2,1-6H3,(H2,23,24,25);1H. The maximum atomic E-state index is 11.9. The molecule has 2 rings (SSSR count). The molecule has 0 aliphatic carbocycles. The van der Waals surface area contributed by atoms with E-state index < -0.39 is 0 Å². The molecule has 0 saturated heterocycles. The number of carbonyl (C=O) groups is 1. The highest BCUT2D eigenvalue weighted by Crippen LogP contribution is 2.14. The first-order chi connectivity index (χ1) is 14.3. The molecule has 1 aromatic carbocycles. The average molecular weight is 542 g/mol. The van der Waals surface area contributed by atoms with E-state index in [9.17, 15) is 4.79 Å². The second kappa shape index (κ2) is 13.2. The minimum Gasteiger partial charge on any atom is -0.497 e. The number of rotatable bonds is 9. The number of hydrogen-bond donors (Lipinski definition) is 2. The molecule has 9 heteroatoms. The maximum absolute atomic E-state index is 11.9. The van der Waals surface area contributed by atoms with E-state index in [1.807, 2.05) is 42.9 Å². The lowest BCUT2D eigenvalue weighted by Crippen LogP contribution is -2.43. The summed E-state index contributed by atoms with van der Waals surface area (Å²) in [5.41, 5.74) is 4.65. The first-order valence-electron chi connectivity index (χ1n) is 10.2. The van der Waals surface area contributed by atoms with Gasteiger partial charge in [0.25, 0.3) is 0 Å². The Morgan fingerprint density at radius 2 is 1.87 bits per heavy atom. The van der Waals surface area contributed by atoms with Gasteiger partial charge in [0.1, 0.15) is 5.75 Å². The van der Waals surface area contributed by atoms with E-state index in [0.29, 0.717) is 12.5 Å². The van der Waals surface area contributed by atoms with Crippen LogP contribution >= 0.6 is 24.0 Å². The number of nitrogens with zero attached hydrogens (tertiary/aromatic N) is 4. The zero-order valence-electron chi connectivity index (χ0n) is 19.4. The fraction of sp³-hybridized carbons (Fsp3) is 0.500. The molecule has 0 aliphatic heterocycles. The second-order valence-electron chi connectivity index (χ2n) is 7.46. The molecule has 0 unspecified atom stereocenters. The van der Waals surface area contributed by atoms with Crippen molar-refractivity contribution in [1.82, 2.24) is 25.3 Å². The Morgan fingerprint density at radius 1 is 1.19 bits per heavy atom. The molecule has 172 valence electrons. The van der Waals surface area contributed by atoms with Gasteiger partial charge in [0, 0.05) is 33.4 Å². The molecule has 1 amide bonds. The number of halogens is 1. The van der Waals surface area contributed by atoms with Crippen molar-refractivity contribution in [3.8, 4) is 5.75 Å². The highest BCUT2D eigenvalue weighted by Gasteiger charge is 2.09. The third-order valence-electron chi connectivity index (χ3n) is 5.04. The zero-order valence-corrected chi connectivity index (χ0v) is 21.7. The van der Waals surface area contributed by atoms with Crippen molar-refractivity contribution in [2.75, 3.05) is 34.3 Å². The quantitative estimate of drug-likeness (QED) is 0.220. The van der Waals surface area contributed by atoms with Crippen LogP contribution in [0.25, 0.3) is 0 Å². The summed E-state index contributed by atoms with van der Waals surface area (Å²) < 4.78 is 7.12. The summed E-state index contributed by atoms with van der Waals surface area (Å²) in [7, 11) is 7.10. The number of guanidine groups is 1. The molecule has 2 N–H and O–H groups in total. The van der Waals surface area contributed by atoms with Crippen molar-refractivity contribution in [2.45, 2.75) is 33.2 Å². The second-order valence-corrected chi connectivity index (χ2v) is 7.46. The van der Waals surface area contributed by atoms with Gasteiger partial charge in [-0.1, -0.05) is 12.1 Å². The molecule has 0 saturated carbocycles. The molecule has 0 spiro atoms. The van der Waals surface area contributed by atoms with Gasteiger partial charge in [-0.3, -0.25) is 9.48 Å². The molecule has 0 aliphatic rings. The summed E-state index contributed by atoms with van der Waals surface area (Å²) in [5.74, 6) is 1.44. The molecule has 2 aromatic rings. The number of aromatic nitrogens is 2. The number of likely N-dealkylation sites (N-methyl/N-ethyl adjacent to an activating group) is 1. The number of benzene rings is 1. The van der Waals surface area contributed by atoms with Crippen molar-refractivity contribution in [2.24, 2.45) is 12.0 Å². The van der Waals surface area contributed by atoms with Crippen LogP contribution in [-0.4, -0.2) is 60.8 Å². The van der Waals surface area contributed by atoms with E-state index in [0.717, 1.165) is 36.4 Å². The third-order valence-corrected chi connectivity index (χ3v) is 5.04. The molecule has 1 heterocycles. The predicted molar refractivity (Wildman–Crippen MR) is 135 cm³/mol. The van der Waals surface area contributed by atoms with Crippen molar-refractivity contribution in [3.63, 3.8) is 0 Å². The van der Waals surface area contributed by atoms with Crippen LogP contribution in [0.2, 0.25) is 0 Å². The Hall–Kier alpha value is -2.30. The van der Waals surface area contributed by atoms with Crippen molar-refractivity contribution in [1.29, 1.82) is 0 Å². The summed E-state index contributed by atoms with van der Waals surface area (Å²) in [5, 5.41) is 10.9. The lowest BCUT2D eigenvalue weighted by Gasteiger charge is -2.15. The molecular formula is C22H35IN6O2. The van der Waals surface area contributed by atoms with Gasteiger partial charge in [-0.05, 0) is 49.9 Å². The lowest BCUT2D eigenvalue weighted by molar-refractivity contribution is -0.127. The average Bonchev–Trinajstić information content (AvgIpc) is 2.98. The van der Waals surface area contributed by atoms with Gasteiger partial charge in [0.05, 0.1) is 25.9 Å². The normalized spacial score (nSPS) is 11.0. The Morgan fingerprint density at radius 3 is 2.42 bits per heavy atom. The van der Waals surface area contributed by atoms with E-state index in [1.54, 1.807) is 26.1 Å². The third kappa shape index (κ3) is 8.39. The zero-order chi connectivity index (χ0) is 22.1. The van der Waals surface area contributed by atoms with Gasteiger partial charge < -0.3 is 20.3 Å². The minimum absolute atomic E-state index is 0. The summed E-state index contributed by atoms with van der Waals surface area (Å²) in [6, 6.07) is 7.80. The molecule has 0 radical (unpaired) electrons. The van der Waals surface area contributed by atoms with Gasteiger partial charge in [-0.15, -0.1) is 24.0 Å². The van der Waals surface area contributed by atoms with E-state index >= 15 is 0 Å². The number of nitrogens with one attached hydrogen (secondary N) is 2. The number of carbonyl (C=O) groups excluding carboxylic acids is 1. The van der Waals surface area contributed by atoms with E-state index in [1.165, 1.54) is 11.3 Å². The van der Waals surface area contributed by atoms with E-state index in [2.05, 4.69) is 27.6 Å². The van der Waals surface area contributed by atoms with Crippen molar-refractivity contribution >= 4 is 35.8 Å². The SMILES string of the molecule is COc1ccc(CN=C(NCCCc2c(C)nn(C)c2C)NCC(=O)N(C)C)cc1.I. The molecule has 0 atom stereocenters. The highest BCUT2D eigenvalue weighted by atomic mass is 127. The van der Waals surface area contributed by atoms with Crippen LogP contribution in [0.5, 0.6) is 5.75 Å². The van der Waals surface area contributed by atoms with E-state index in [4.69, 9.17) is 4.74 Å². The minimum atomic E-state index is -0.00411. The molecule has 8 nitrogen and oxygen atoms in total. The number of hydrogen-bond acceptors (Lipinski definition) is 4. The van der Waals surface area contributed by atoms with Gasteiger partial charge in [0.15, 0.2) is 5.96 Å². The summed E-state index contributed by atoms with van der Waals surface area (Å²) in [4.78, 5) is 18.1. The Balaban J connectivity index is 0.00000480. The van der Waals surface area contributed by atoms with E-state index in [-0.39, 0.29) is 36.4 Å². The summed E-state index contributed by atoms with van der Waals surface area (Å²) in [6.07, 6.45) is 1.89. The molecule has 31 heavy (non-hydrogen) atoms. The maximum Gasteiger partial charge on any atom is 0.241 e. The van der Waals surface area contributed by atoms with Crippen LogP contribution in [0.1, 0.15) is 28.9 Å². The van der Waals surface area contributed by atoms with Crippen molar-refractivity contribution < 1.29 is 9.53 Å². The number of aliphatic imine (C=N–C) groups is 1. The van der Waals surface area contributed by atoms with Crippen LogP contribution in [-0.2, 0) is 24.8 Å². The molecular weight excluding hydrogens is 507 g/mol. The predicted octanol–water partition coefficient (Wildman–Crippen LogP) is 2.42. The monoisotopic (exact) mass is 542 g/mol. The highest BCUT2D eigenvalue weighted by molar-refractivity contribution is 14.0. The molecule has 1 aromatic heterocycles. The van der Waals surface area contributed by atoms with Crippen LogP contribution in [0.15, 0.2) is 29.3 Å². The fourth-order valence-electron chi connectivity index (χ4n) is 3.04. The summed E-state index contributed by atoms with van der Waals surface area (Å²) in [6.45, 7) is 5.60. The Labute approximate surface area is 202 Å². The van der Waals surface area contributed by atoms with Gasteiger partial charge >= 0.3 is 0 Å². The van der Waals surface area contributed by atoms with Crippen molar-refractivity contribution in [3.05, 3.63) is 46.8 Å². The number of aryl methyl sites for hydroxylation is 2. The van der Waals surface area contributed by atoms with Crippen LogP contribution in [0.4, 0.5) is 0 Å². The van der Waals surface area contributed by atoms with Crippen LogP contribution in [0.3, 0.4) is 0 Å². The Kier molecular flexibility index (Phi) is 11.4. The molecule has 0 bridgehead atoms. The first-order valence-corrected chi connectivity index (χ1v) is 10.2. The molecule has 0 fully saturated rings. The number of ether oxygens (including phenoxy) is 1. The Bertz CT molecular complexity index is 862. The number of amides is 1. The summed E-state index contributed by atoms with van der Waals surface area (Å²) >= 11 is 0. The van der Waals surface area contributed by atoms with Gasteiger partial charge in [0.2, 0.25) is 5.91 Å². The number of methoxy groups -OCH3 is 1. The lowest BCUT2D eigenvalue weighted by atomic mass is 10.1. The van der Waals surface area contributed by atoms with Crippen LogP contribution < -0.4 is 15.4 Å². The largest absolute Gasteiger partial charge is 0.497 e. The van der Waals surface area contributed by atoms with Gasteiger partial charge in [-0.25, -0.2) is 4.99 Å².